The lowest BCUT2D eigenvalue weighted by molar-refractivity contribution is -0.870. The molecule has 0 aromatic heterocycles. The number of carbonyl (C=O) groups is 3. The second-order valence-corrected chi connectivity index (χ2v) is 20.5. The molecule has 0 N–H and O–H groups in total. The van der Waals surface area contributed by atoms with Gasteiger partial charge in [0.25, 0.3) is 0 Å². The van der Waals surface area contributed by atoms with E-state index in [-0.39, 0.29) is 38.6 Å². The van der Waals surface area contributed by atoms with Gasteiger partial charge in [-0.05, 0) is 103 Å². The third-order valence-electron chi connectivity index (χ3n) is 12.2. The Balaban J connectivity index is 4.29. The molecule has 9 nitrogen and oxygen atoms in total. The second-order valence-electron chi connectivity index (χ2n) is 20.5. The van der Waals surface area contributed by atoms with E-state index in [4.69, 9.17) is 18.9 Å². The molecular weight excluding hydrogens is 935 g/mol. The van der Waals surface area contributed by atoms with Crippen molar-refractivity contribution in [2.75, 3.05) is 47.5 Å². The zero-order chi connectivity index (χ0) is 54.8. The normalized spacial score (nSPS) is 13.7. The monoisotopic (exact) mass is 1040 g/mol. The van der Waals surface area contributed by atoms with Crippen molar-refractivity contribution in [2.24, 2.45) is 0 Å². The highest BCUT2D eigenvalue weighted by Crippen LogP contribution is 2.15. The molecule has 0 saturated carbocycles. The van der Waals surface area contributed by atoms with Crippen LogP contribution in [-0.4, -0.2) is 82.3 Å². The van der Waals surface area contributed by atoms with E-state index in [2.05, 4.69) is 135 Å². The number of rotatable bonds is 53. The SMILES string of the molecule is CC/C=C\C/C=C\C/C=C\C/C=C\C/C=C\CCCCCCCCCCCC(=O)OCC(COC(OCC[N+](C)(C)C)C(=O)[O-])OC(=O)CCCCCCCCCCC/C=C\C/C=C\C/C=C\C/C=C\C/C=C\CC. The summed E-state index contributed by atoms with van der Waals surface area (Å²) in [4.78, 5) is 37.4. The van der Waals surface area contributed by atoms with Gasteiger partial charge in [-0.25, -0.2) is 0 Å². The summed E-state index contributed by atoms with van der Waals surface area (Å²) in [5.74, 6) is -2.31. The topological polar surface area (TPSA) is 111 Å². The van der Waals surface area contributed by atoms with Crippen molar-refractivity contribution in [1.29, 1.82) is 0 Å². The van der Waals surface area contributed by atoms with Crippen LogP contribution in [-0.2, 0) is 33.3 Å². The van der Waals surface area contributed by atoms with E-state index in [9.17, 15) is 19.5 Å². The van der Waals surface area contributed by atoms with Gasteiger partial charge < -0.3 is 33.3 Å². The number of hydrogen-bond acceptors (Lipinski definition) is 8. The smallest absolute Gasteiger partial charge is 0.306 e. The molecule has 426 valence electrons. The van der Waals surface area contributed by atoms with Crippen LogP contribution in [0.25, 0.3) is 0 Å². The predicted molar refractivity (Wildman–Crippen MR) is 315 cm³/mol. The van der Waals surface area contributed by atoms with Crippen molar-refractivity contribution in [2.45, 2.75) is 232 Å². The molecule has 2 unspecified atom stereocenters. The standard InChI is InChI=1S/C66H109NO8/c1-6-8-10-12-14-16-18-20-22-24-26-28-30-32-34-36-38-40-42-44-46-48-50-52-54-56-63(68)73-60-62(61-74-66(65(70)71)72-59-58-67(3,4)5)75-64(69)57-55-53-51-49-47-45-43-41-39-37-35-33-31-29-27-25-23-21-19-17-15-13-11-9-7-2/h8-11,14-17,20-23,26-29,32-35,62,66H,6-7,12-13,18-19,24-25,30-31,36-61H2,1-5H3/b10-8-,11-9-,16-14-,17-15-,22-20-,23-21-,28-26-,29-27-,34-32-,35-33-. The third-order valence-corrected chi connectivity index (χ3v) is 12.2. The van der Waals surface area contributed by atoms with Crippen LogP contribution in [0.3, 0.4) is 0 Å². The molecule has 0 aliphatic heterocycles. The van der Waals surface area contributed by atoms with Crippen molar-refractivity contribution in [1.82, 2.24) is 0 Å². The fourth-order valence-electron chi connectivity index (χ4n) is 7.71. The molecule has 0 aliphatic carbocycles. The molecule has 75 heavy (non-hydrogen) atoms. The molecule has 0 amide bonds. The van der Waals surface area contributed by atoms with Gasteiger partial charge in [0.05, 0.1) is 40.3 Å². The minimum atomic E-state index is -1.63. The van der Waals surface area contributed by atoms with Crippen LogP contribution in [0.4, 0.5) is 0 Å². The Morgan fingerprint density at radius 1 is 0.400 bits per heavy atom. The van der Waals surface area contributed by atoms with Crippen LogP contribution >= 0.6 is 0 Å². The number of carboxylic acids is 1. The highest BCUT2D eigenvalue weighted by atomic mass is 16.7. The Morgan fingerprint density at radius 3 is 1.07 bits per heavy atom. The first-order valence-electron chi connectivity index (χ1n) is 29.7. The fourth-order valence-corrected chi connectivity index (χ4v) is 7.71. The lowest BCUT2D eigenvalue weighted by Gasteiger charge is -2.26. The lowest BCUT2D eigenvalue weighted by atomic mass is 10.1. The number of carboxylic acid groups (broad SMARTS) is 1. The van der Waals surface area contributed by atoms with E-state index in [1.807, 2.05) is 21.1 Å². The summed E-state index contributed by atoms with van der Waals surface area (Å²) in [5, 5.41) is 11.8. The maximum Gasteiger partial charge on any atom is 0.306 e. The molecule has 9 heteroatoms. The zero-order valence-corrected chi connectivity index (χ0v) is 48.4. The van der Waals surface area contributed by atoms with E-state index in [0.717, 1.165) is 122 Å². The van der Waals surface area contributed by atoms with Crippen molar-refractivity contribution in [3.63, 3.8) is 0 Å². The summed E-state index contributed by atoms with van der Waals surface area (Å²) in [5.41, 5.74) is 0. The van der Waals surface area contributed by atoms with Crippen molar-refractivity contribution < 1.29 is 42.9 Å². The minimum absolute atomic E-state index is 0.139. The van der Waals surface area contributed by atoms with Gasteiger partial charge in [0.2, 0.25) is 0 Å². The number of quaternary nitrogens is 1. The molecule has 0 aliphatic rings. The highest BCUT2D eigenvalue weighted by molar-refractivity contribution is 5.70. The molecule has 0 rings (SSSR count). The zero-order valence-electron chi connectivity index (χ0n) is 48.4. The molecule has 0 saturated heterocycles. The van der Waals surface area contributed by atoms with E-state index in [1.165, 1.54) is 64.2 Å². The largest absolute Gasteiger partial charge is 0.545 e. The summed E-state index contributed by atoms with van der Waals surface area (Å²) < 4.78 is 22.7. The Morgan fingerprint density at radius 2 is 0.720 bits per heavy atom. The molecular formula is C66H109NO8. The molecule has 0 bridgehead atoms. The van der Waals surface area contributed by atoms with E-state index >= 15 is 0 Å². The molecule has 0 fully saturated rings. The van der Waals surface area contributed by atoms with Crippen LogP contribution < -0.4 is 5.11 Å². The predicted octanol–water partition coefficient (Wildman–Crippen LogP) is 16.3. The molecule has 0 aromatic rings. The quantitative estimate of drug-likeness (QED) is 0.0195. The molecule has 0 aromatic carbocycles. The Bertz CT molecular complexity index is 1640. The molecule has 0 heterocycles. The summed E-state index contributed by atoms with van der Waals surface area (Å²) in [6, 6.07) is 0. The van der Waals surface area contributed by atoms with Crippen LogP contribution in [0.5, 0.6) is 0 Å². The minimum Gasteiger partial charge on any atom is -0.545 e. The molecule has 0 radical (unpaired) electrons. The molecule has 2 atom stereocenters. The number of aliphatic carboxylic acids is 1. The van der Waals surface area contributed by atoms with Gasteiger partial charge >= 0.3 is 11.9 Å². The van der Waals surface area contributed by atoms with Gasteiger partial charge in [0, 0.05) is 12.8 Å². The first kappa shape index (κ1) is 70.7. The van der Waals surface area contributed by atoms with E-state index < -0.39 is 24.3 Å². The fraction of sp³-hybridized carbons (Fsp3) is 0.652. The highest BCUT2D eigenvalue weighted by Gasteiger charge is 2.22. The lowest BCUT2D eigenvalue weighted by Crippen LogP contribution is -2.44. The van der Waals surface area contributed by atoms with Crippen molar-refractivity contribution >= 4 is 17.9 Å². The average molecular weight is 1040 g/mol. The van der Waals surface area contributed by atoms with Gasteiger partial charge in [0.1, 0.15) is 13.2 Å². The number of esters is 2. The number of allylic oxidation sites excluding steroid dienone is 20. The number of likely N-dealkylation sites (N-methyl/N-ethyl adjacent to an activating group) is 1. The van der Waals surface area contributed by atoms with Crippen LogP contribution in [0.15, 0.2) is 122 Å². The van der Waals surface area contributed by atoms with Gasteiger partial charge in [-0.3, -0.25) is 9.59 Å². The van der Waals surface area contributed by atoms with Crippen LogP contribution in [0.2, 0.25) is 0 Å². The van der Waals surface area contributed by atoms with Gasteiger partial charge in [-0.1, -0.05) is 225 Å². The van der Waals surface area contributed by atoms with Gasteiger partial charge in [0.15, 0.2) is 12.4 Å². The number of carbonyl (C=O) groups excluding carboxylic acids is 3. The summed E-state index contributed by atoms with van der Waals surface area (Å²) in [7, 11) is 5.91. The van der Waals surface area contributed by atoms with Crippen LogP contribution in [0.1, 0.15) is 219 Å². The first-order chi connectivity index (χ1) is 36.6. The Hall–Kier alpha value is -4.31. The maximum atomic E-state index is 12.9. The summed E-state index contributed by atoms with van der Waals surface area (Å²) in [6.45, 7) is 4.50. The number of unbranched alkanes of at least 4 members (excludes halogenated alkanes) is 18. The van der Waals surface area contributed by atoms with Gasteiger partial charge in [-0.2, -0.15) is 0 Å². The maximum absolute atomic E-state index is 12.9. The second kappa shape index (κ2) is 55.9. The Labute approximate surface area is 459 Å². The summed E-state index contributed by atoms with van der Waals surface area (Å²) in [6.07, 6.45) is 75.2. The number of nitrogens with zero attached hydrogens (tertiary/aromatic N) is 1. The van der Waals surface area contributed by atoms with E-state index in [1.54, 1.807) is 0 Å². The third kappa shape index (κ3) is 57.2. The van der Waals surface area contributed by atoms with Crippen molar-refractivity contribution in [3.05, 3.63) is 122 Å². The number of hydrogen-bond donors (Lipinski definition) is 0. The molecule has 0 spiro atoms. The number of ether oxygens (including phenoxy) is 4. The van der Waals surface area contributed by atoms with Crippen LogP contribution in [0, 0.1) is 0 Å². The average Bonchev–Trinajstić information content (AvgIpc) is 3.38. The van der Waals surface area contributed by atoms with Gasteiger partial charge in [-0.15, -0.1) is 0 Å². The van der Waals surface area contributed by atoms with E-state index in [0.29, 0.717) is 17.4 Å². The summed E-state index contributed by atoms with van der Waals surface area (Å²) >= 11 is 0. The first-order valence-corrected chi connectivity index (χ1v) is 29.7. The van der Waals surface area contributed by atoms with Crippen molar-refractivity contribution in [3.8, 4) is 0 Å². The Kier molecular flexibility index (Phi) is 52.7.